The van der Waals surface area contributed by atoms with E-state index in [9.17, 15) is 0 Å². The van der Waals surface area contributed by atoms with Gasteiger partial charge in [-0.05, 0) is 34.1 Å². The van der Waals surface area contributed by atoms with Crippen molar-refractivity contribution < 1.29 is 0 Å². The van der Waals surface area contributed by atoms with Crippen molar-refractivity contribution in [3.05, 3.63) is 47.1 Å². The first-order chi connectivity index (χ1) is 9.22. The number of aromatic nitrogens is 1. The third-order valence-electron chi connectivity index (χ3n) is 2.61. The van der Waals surface area contributed by atoms with Crippen LogP contribution in [0.1, 0.15) is 6.42 Å². The number of halogens is 1. The molecule has 2 N–H and O–H groups in total. The summed E-state index contributed by atoms with van der Waals surface area (Å²) < 4.78 is 0.814. The van der Waals surface area contributed by atoms with Crippen LogP contribution in [0.4, 0.5) is 17.2 Å². The average molecular weight is 317 g/mol. The molecule has 0 aliphatic carbocycles. The SMILES string of the molecule is N#CCCN(c1ccccc1)c1ncc(N)cc1Br. The highest BCUT2D eigenvalue weighted by molar-refractivity contribution is 9.10. The third-order valence-corrected chi connectivity index (χ3v) is 3.20. The van der Waals surface area contributed by atoms with Crippen LogP contribution in [0.25, 0.3) is 0 Å². The first-order valence-electron chi connectivity index (χ1n) is 5.83. The molecule has 0 radical (unpaired) electrons. The molecule has 5 heteroatoms. The lowest BCUT2D eigenvalue weighted by Crippen LogP contribution is -2.19. The van der Waals surface area contributed by atoms with Gasteiger partial charge in [-0.15, -0.1) is 0 Å². The Kier molecular flexibility index (Phi) is 4.37. The van der Waals surface area contributed by atoms with Crippen LogP contribution < -0.4 is 10.6 Å². The molecule has 2 aromatic rings. The molecular formula is C14H13BrN4. The van der Waals surface area contributed by atoms with Crippen LogP contribution in [0.15, 0.2) is 47.1 Å². The first kappa shape index (κ1) is 13.4. The summed E-state index contributed by atoms with van der Waals surface area (Å²) in [6, 6.07) is 13.8. The third kappa shape index (κ3) is 3.24. The Hall–Kier alpha value is -2.06. The molecule has 4 nitrogen and oxygen atoms in total. The largest absolute Gasteiger partial charge is 0.397 e. The van der Waals surface area contributed by atoms with E-state index < -0.39 is 0 Å². The zero-order valence-corrected chi connectivity index (χ0v) is 11.8. The molecule has 0 saturated carbocycles. The number of nitrogen functional groups attached to an aromatic ring is 1. The van der Waals surface area contributed by atoms with Crippen molar-refractivity contribution in [3.63, 3.8) is 0 Å². The van der Waals surface area contributed by atoms with Crippen LogP contribution in [-0.2, 0) is 0 Å². The van der Waals surface area contributed by atoms with Crippen molar-refractivity contribution in [1.29, 1.82) is 5.26 Å². The number of nitriles is 1. The Bertz CT molecular complexity index is 592. The van der Waals surface area contributed by atoms with Crippen molar-refractivity contribution >= 4 is 33.1 Å². The van der Waals surface area contributed by atoms with Crippen molar-refractivity contribution in [2.45, 2.75) is 6.42 Å². The molecule has 0 aliphatic heterocycles. The van der Waals surface area contributed by atoms with Crippen LogP contribution in [-0.4, -0.2) is 11.5 Å². The fourth-order valence-electron chi connectivity index (χ4n) is 1.77. The summed E-state index contributed by atoms with van der Waals surface area (Å²) in [6.45, 7) is 0.579. The fraction of sp³-hybridized carbons (Fsp3) is 0.143. The van der Waals surface area contributed by atoms with Crippen LogP contribution in [0, 0.1) is 11.3 Å². The molecule has 0 spiro atoms. The van der Waals surface area contributed by atoms with Gasteiger partial charge in [-0.1, -0.05) is 18.2 Å². The number of nitrogens with zero attached hydrogens (tertiary/aromatic N) is 3. The van der Waals surface area contributed by atoms with Gasteiger partial charge in [0.1, 0.15) is 5.82 Å². The normalized spacial score (nSPS) is 9.89. The molecule has 19 heavy (non-hydrogen) atoms. The lowest BCUT2D eigenvalue weighted by molar-refractivity contribution is 0.924. The summed E-state index contributed by atoms with van der Waals surface area (Å²) in [5, 5.41) is 8.79. The van der Waals surface area contributed by atoms with Crippen LogP contribution in [0.3, 0.4) is 0 Å². The van der Waals surface area contributed by atoms with Gasteiger partial charge in [0.25, 0.3) is 0 Å². The maximum atomic E-state index is 8.79. The first-order valence-corrected chi connectivity index (χ1v) is 6.62. The average Bonchev–Trinajstić information content (AvgIpc) is 2.42. The van der Waals surface area contributed by atoms with Crippen molar-refractivity contribution in [2.75, 3.05) is 17.2 Å². The second kappa shape index (κ2) is 6.21. The summed E-state index contributed by atoms with van der Waals surface area (Å²) in [7, 11) is 0. The Morgan fingerprint density at radius 3 is 2.68 bits per heavy atom. The van der Waals surface area contributed by atoms with E-state index >= 15 is 0 Å². The quantitative estimate of drug-likeness (QED) is 0.937. The van der Waals surface area contributed by atoms with Crippen molar-refractivity contribution in [1.82, 2.24) is 4.98 Å². The van der Waals surface area contributed by atoms with E-state index in [2.05, 4.69) is 27.0 Å². The van der Waals surface area contributed by atoms with Crippen molar-refractivity contribution in [3.8, 4) is 6.07 Å². The van der Waals surface area contributed by atoms with Gasteiger partial charge >= 0.3 is 0 Å². The maximum absolute atomic E-state index is 8.79. The van der Waals surface area contributed by atoms with Crippen LogP contribution >= 0.6 is 15.9 Å². The number of anilines is 3. The number of pyridine rings is 1. The molecule has 2 rings (SSSR count). The lowest BCUT2D eigenvalue weighted by Gasteiger charge is -2.24. The summed E-state index contributed by atoms with van der Waals surface area (Å²) in [4.78, 5) is 6.34. The van der Waals surface area contributed by atoms with Crippen molar-refractivity contribution in [2.24, 2.45) is 0 Å². The summed E-state index contributed by atoms with van der Waals surface area (Å²) in [5.41, 5.74) is 7.30. The summed E-state index contributed by atoms with van der Waals surface area (Å²) in [6.07, 6.45) is 2.04. The molecule has 1 aromatic heterocycles. The number of hydrogen-bond donors (Lipinski definition) is 1. The highest BCUT2D eigenvalue weighted by Crippen LogP contribution is 2.31. The molecule has 0 saturated heterocycles. The Morgan fingerprint density at radius 1 is 1.32 bits per heavy atom. The second-order valence-electron chi connectivity index (χ2n) is 3.97. The zero-order chi connectivity index (χ0) is 13.7. The molecule has 0 unspecified atom stereocenters. The Balaban J connectivity index is 2.40. The zero-order valence-electron chi connectivity index (χ0n) is 10.3. The van der Waals surface area contributed by atoms with Gasteiger partial charge in [0.2, 0.25) is 0 Å². The molecule has 0 aliphatic rings. The number of rotatable bonds is 4. The molecule has 0 atom stereocenters. The molecule has 0 bridgehead atoms. The minimum Gasteiger partial charge on any atom is -0.397 e. The van der Waals surface area contributed by atoms with Gasteiger partial charge in [-0.25, -0.2) is 4.98 Å². The smallest absolute Gasteiger partial charge is 0.147 e. The van der Waals surface area contributed by atoms with Crippen LogP contribution in [0.2, 0.25) is 0 Å². The van der Waals surface area contributed by atoms with Gasteiger partial charge in [-0.2, -0.15) is 5.26 Å². The van der Waals surface area contributed by atoms with E-state index in [0.717, 1.165) is 16.0 Å². The predicted octanol–water partition coefficient (Wildman–Crippen LogP) is 3.48. The molecule has 0 fully saturated rings. The van der Waals surface area contributed by atoms with E-state index in [1.54, 1.807) is 6.20 Å². The molecule has 0 amide bonds. The van der Waals surface area contributed by atoms with E-state index in [4.69, 9.17) is 11.0 Å². The van der Waals surface area contributed by atoms with E-state index in [0.29, 0.717) is 18.7 Å². The Labute approximate surface area is 120 Å². The van der Waals surface area contributed by atoms with Gasteiger partial charge in [0, 0.05) is 12.2 Å². The lowest BCUT2D eigenvalue weighted by atomic mass is 10.2. The summed E-state index contributed by atoms with van der Waals surface area (Å²) in [5.74, 6) is 0.760. The Morgan fingerprint density at radius 2 is 2.05 bits per heavy atom. The predicted molar refractivity (Wildman–Crippen MR) is 80.0 cm³/mol. The van der Waals surface area contributed by atoms with E-state index in [1.165, 1.54) is 0 Å². The standard InChI is InChI=1S/C14H13BrN4/c15-13-9-11(17)10-18-14(13)19(8-4-7-16)12-5-2-1-3-6-12/h1-3,5-6,9-10H,4,8,17H2. The van der Waals surface area contributed by atoms with Gasteiger partial charge < -0.3 is 10.6 Å². The molecule has 1 heterocycles. The van der Waals surface area contributed by atoms with E-state index in [-0.39, 0.29) is 0 Å². The van der Waals surface area contributed by atoms with Gasteiger partial charge in [0.15, 0.2) is 0 Å². The highest BCUT2D eigenvalue weighted by atomic mass is 79.9. The fourth-order valence-corrected chi connectivity index (χ4v) is 2.35. The minimum absolute atomic E-state index is 0.424. The van der Waals surface area contributed by atoms with Gasteiger partial charge in [-0.3, -0.25) is 0 Å². The molecule has 1 aromatic carbocycles. The van der Waals surface area contributed by atoms with Crippen LogP contribution in [0.5, 0.6) is 0 Å². The molecular weight excluding hydrogens is 304 g/mol. The summed E-state index contributed by atoms with van der Waals surface area (Å²) >= 11 is 3.47. The second-order valence-corrected chi connectivity index (χ2v) is 4.82. The number of benzene rings is 1. The topological polar surface area (TPSA) is 65.9 Å². The van der Waals surface area contributed by atoms with Gasteiger partial charge in [0.05, 0.1) is 28.8 Å². The number of para-hydroxylation sites is 1. The number of hydrogen-bond acceptors (Lipinski definition) is 4. The number of nitrogens with two attached hydrogens (primary N) is 1. The maximum Gasteiger partial charge on any atom is 0.147 e. The minimum atomic E-state index is 0.424. The van der Waals surface area contributed by atoms with E-state index in [1.807, 2.05) is 41.3 Å². The molecule has 96 valence electrons. The highest BCUT2D eigenvalue weighted by Gasteiger charge is 2.13. The monoisotopic (exact) mass is 316 g/mol.